The highest BCUT2D eigenvalue weighted by molar-refractivity contribution is 5.27. The van der Waals surface area contributed by atoms with Crippen LogP contribution in [-0.4, -0.2) is 68.8 Å². The standard InChI is InChI=1S/C17H28N2O3/c1-2-15-3-5-17(6-4-15)22-14-16(21)13-19-9-7-18(8-10-19)11-12-20/h3-6,16,20-21H,2,7-14H2,1H3/p+2/t16-/m0/s1. The van der Waals surface area contributed by atoms with Crippen LogP contribution < -0.4 is 14.5 Å². The van der Waals surface area contributed by atoms with Gasteiger partial charge in [-0.05, 0) is 24.1 Å². The summed E-state index contributed by atoms with van der Waals surface area (Å²) in [6.45, 7) is 8.57. The fourth-order valence-electron chi connectivity index (χ4n) is 2.98. The van der Waals surface area contributed by atoms with Crippen molar-refractivity contribution in [1.82, 2.24) is 0 Å². The third-order valence-corrected chi connectivity index (χ3v) is 4.43. The Morgan fingerprint density at radius 3 is 2.32 bits per heavy atom. The minimum Gasteiger partial charge on any atom is -0.491 e. The number of quaternary nitrogens is 2. The lowest BCUT2D eigenvalue weighted by molar-refractivity contribution is -1.01. The summed E-state index contributed by atoms with van der Waals surface area (Å²) in [7, 11) is 0. The van der Waals surface area contributed by atoms with Crippen LogP contribution in [0.15, 0.2) is 24.3 Å². The topological polar surface area (TPSA) is 58.6 Å². The van der Waals surface area contributed by atoms with E-state index in [9.17, 15) is 5.11 Å². The molecule has 124 valence electrons. The van der Waals surface area contributed by atoms with Gasteiger partial charge in [-0.1, -0.05) is 19.1 Å². The van der Waals surface area contributed by atoms with E-state index < -0.39 is 6.10 Å². The monoisotopic (exact) mass is 310 g/mol. The maximum Gasteiger partial charge on any atom is 0.137 e. The molecular formula is C17H30N2O3+2. The molecule has 0 aromatic heterocycles. The van der Waals surface area contributed by atoms with Crippen LogP contribution in [-0.2, 0) is 6.42 Å². The Balaban J connectivity index is 1.66. The molecule has 0 aliphatic carbocycles. The molecule has 22 heavy (non-hydrogen) atoms. The van der Waals surface area contributed by atoms with Gasteiger partial charge in [-0.3, -0.25) is 0 Å². The molecule has 2 rings (SSSR count). The molecule has 1 atom stereocenters. The van der Waals surface area contributed by atoms with Gasteiger partial charge in [-0.15, -0.1) is 0 Å². The number of nitrogens with one attached hydrogen (secondary N) is 2. The molecule has 1 aromatic rings. The number of aliphatic hydroxyl groups excluding tert-OH is 2. The molecule has 0 bridgehead atoms. The lowest BCUT2D eigenvalue weighted by Crippen LogP contribution is -3.28. The molecule has 1 saturated heterocycles. The normalized spacial score (nSPS) is 23.2. The Morgan fingerprint density at radius 1 is 1.09 bits per heavy atom. The summed E-state index contributed by atoms with van der Waals surface area (Å²) in [5.74, 6) is 0.823. The Bertz CT molecular complexity index is 416. The Labute approximate surface area is 133 Å². The van der Waals surface area contributed by atoms with Crippen LogP contribution in [0.1, 0.15) is 12.5 Å². The largest absolute Gasteiger partial charge is 0.491 e. The van der Waals surface area contributed by atoms with Crippen molar-refractivity contribution in [3.8, 4) is 5.75 Å². The third kappa shape index (κ3) is 5.57. The first-order valence-corrected chi connectivity index (χ1v) is 8.39. The van der Waals surface area contributed by atoms with Gasteiger partial charge >= 0.3 is 0 Å². The quantitative estimate of drug-likeness (QED) is 0.439. The van der Waals surface area contributed by atoms with Gasteiger partial charge in [-0.2, -0.15) is 0 Å². The first-order chi connectivity index (χ1) is 10.7. The van der Waals surface area contributed by atoms with Gasteiger partial charge in [0.15, 0.2) is 0 Å². The van der Waals surface area contributed by atoms with Gasteiger partial charge in [0.1, 0.15) is 57.7 Å². The molecular weight excluding hydrogens is 280 g/mol. The van der Waals surface area contributed by atoms with Crippen LogP contribution in [0.5, 0.6) is 5.75 Å². The van der Waals surface area contributed by atoms with Crippen LogP contribution in [0, 0.1) is 0 Å². The molecule has 0 saturated carbocycles. The van der Waals surface area contributed by atoms with E-state index in [2.05, 4.69) is 19.1 Å². The van der Waals surface area contributed by atoms with Crippen molar-refractivity contribution >= 4 is 0 Å². The lowest BCUT2D eigenvalue weighted by Gasteiger charge is -2.30. The maximum atomic E-state index is 10.1. The van der Waals surface area contributed by atoms with Gasteiger partial charge in [0.05, 0.1) is 6.61 Å². The maximum absolute atomic E-state index is 10.1. The van der Waals surface area contributed by atoms with E-state index in [1.165, 1.54) is 15.4 Å². The van der Waals surface area contributed by atoms with Gasteiger partial charge in [0, 0.05) is 0 Å². The van der Waals surface area contributed by atoms with Crippen molar-refractivity contribution < 1.29 is 24.7 Å². The molecule has 1 aliphatic heterocycles. The molecule has 4 N–H and O–H groups in total. The Morgan fingerprint density at radius 2 is 1.73 bits per heavy atom. The van der Waals surface area contributed by atoms with E-state index in [-0.39, 0.29) is 6.61 Å². The van der Waals surface area contributed by atoms with E-state index in [0.29, 0.717) is 6.61 Å². The average molecular weight is 310 g/mol. The van der Waals surface area contributed by atoms with Crippen molar-refractivity contribution in [2.24, 2.45) is 0 Å². The van der Waals surface area contributed by atoms with E-state index in [4.69, 9.17) is 9.84 Å². The van der Waals surface area contributed by atoms with Gasteiger partial charge in [-0.25, -0.2) is 0 Å². The summed E-state index contributed by atoms with van der Waals surface area (Å²) >= 11 is 0. The smallest absolute Gasteiger partial charge is 0.137 e. The molecule has 5 nitrogen and oxygen atoms in total. The molecule has 0 amide bonds. The zero-order chi connectivity index (χ0) is 15.8. The summed E-state index contributed by atoms with van der Waals surface area (Å²) < 4.78 is 5.67. The number of aliphatic hydroxyl groups is 2. The van der Waals surface area contributed by atoms with Gasteiger partial charge < -0.3 is 24.7 Å². The van der Waals surface area contributed by atoms with Crippen LogP contribution in [0.4, 0.5) is 0 Å². The van der Waals surface area contributed by atoms with Crippen LogP contribution >= 0.6 is 0 Å². The summed E-state index contributed by atoms with van der Waals surface area (Å²) in [6, 6.07) is 8.07. The van der Waals surface area contributed by atoms with E-state index in [1.807, 2.05) is 12.1 Å². The second-order valence-electron chi connectivity index (χ2n) is 6.14. The molecule has 1 fully saturated rings. The zero-order valence-corrected chi connectivity index (χ0v) is 13.6. The molecule has 1 heterocycles. The first-order valence-electron chi connectivity index (χ1n) is 8.39. The molecule has 5 heteroatoms. The minimum atomic E-state index is -0.430. The fourth-order valence-corrected chi connectivity index (χ4v) is 2.98. The molecule has 0 radical (unpaired) electrons. The molecule has 0 unspecified atom stereocenters. The molecule has 0 spiro atoms. The predicted octanol–water partition coefficient (Wildman–Crippen LogP) is -2.24. The summed E-state index contributed by atoms with van der Waals surface area (Å²) in [4.78, 5) is 2.90. The number of benzene rings is 1. The Kier molecular flexibility index (Phi) is 7.12. The highest BCUT2D eigenvalue weighted by atomic mass is 16.5. The minimum absolute atomic E-state index is 0.262. The number of hydrogen-bond donors (Lipinski definition) is 4. The van der Waals surface area contributed by atoms with Gasteiger partial charge in [0.2, 0.25) is 0 Å². The molecule has 1 aliphatic rings. The summed E-state index contributed by atoms with van der Waals surface area (Å²) in [6.07, 6.45) is 0.594. The second kappa shape index (κ2) is 9.10. The molecule has 1 aromatic carbocycles. The van der Waals surface area contributed by atoms with Crippen LogP contribution in [0.3, 0.4) is 0 Å². The number of ether oxygens (including phenoxy) is 1. The van der Waals surface area contributed by atoms with Gasteiger partial charge in [0.25, 0.3) is 0 Å². The van der Waals surface area contributed by atoms with E-state index in [0.717, 1.165) is 51.4 Å². The van der Waals surface area contributed by atoms with E-state index >= 15 is 0 Å². The van der Waals surface area contributed by atoms with Crippen molar-refractivity contribution in [2.45, 2.75) is 19.4 Å². The third-order valence-electron chi connectivity index (χ3n) is 4.43. The zero-order valence-electron chi connectivity index (χ0n) is 13.6. The lowest BCUT2D eigenvalue weighted by atomic mass is 10.2. The van der Waals surface area contributed by atoms with Crippen molar-refractivity contribution in [3.05, 3.63) is 29.8 Å². The Hall–Kier alpha value is -1.14. The number of rotatable bonds is 8. The number of piperazine rings is 1. The first kappa shape index (κ1) is 17.2. The number of hydrogen-bond acceptors (Lipinski definition) is 3. The SMILES string of the molecule is CCc1ccc(OC[C@@H](O)C[NH+]2CC[NH+](CCO)CC2)cc1. The predicted molar refractivity (Wildman–Crippen MR) is 85.5 cm³/mol. The number of aryl methyl sites for hydroxylation is 1. The van der Waals surface area contributed by atoms with E-state index in [1.54, 1.807) is 0 Å². The highest BCUT2D eigenvalue weighted by Gasteiger charge is 2.24. The van der Waals surface area contributed by atoms with Crippen molar-refractivity contribution in [2.75, 3.05) is 52.5 Å². The van der Waals surface area contributed by atoms with Crippen LogP contribution in [0.2, 0.25) is 0 Å². The van der Waals surface area contributed by atoms with Crippen LogP contribution in [0.25, 0.3) is 0 Å². The van der Waals surface area contributed by atoms with Crippen molar-refractivity contribution in [1.29, 1.82) is 0 Å². The fraction of sp³-hybridized carbons (Fsp3) is 0.647. The highest BCUT2D eigenvalue weighted by Crippen LogP contribution is 2.12. The average Bonchev–Trinajstić information content (AvgIpc) is 2.55. The summed E-state index contributed by atoms with van der Waals surface area (Å²) in [5.41, 5.74) is 1.29. The van der Waals surface area contributed by atoms with Crippen molar-refractivity contribution in [3.63, 3.8) is 0 Å². The summed E-state index contributed by atoms with van der Waals surface area (Å²) in [5, 5.41) is 19.1. The second-order valence-corrected chi connectivity index (χ2v) is 6.14.